The van der Waals surface area contributed by atoms with Crippen LogP contribution >= 0.6 is 0 Å². The van der Waals surface area contributed by atoms with Gasteiger partial charge in [0, 0.05) is 19.1 Å². The minimum absolute atomic E-state index is 0.0472. The molecule has 1 fully saturated rings. The summed E-state index contributed by atoms with van der Waals surface area (Å²) in [7, 11) is 0. The molecule has 2 atom stereocenters. The molecule has 0 aromatic rings. The molecule has 21 heavy (non-hydrogen) atoms. The first-order valence-corrected chi connectivity index (χ1v) is 7.87. The molecule has 0 aromatic heterocycles. The number of carboxylic acid groups (broad SMARTS) is 1. The van der Waals surface area contributed by atoms with Gasteiger partial charge in [-0.1, -0.05) is 20.8 Å². The monoisotopic (exact) mass is 299 g/mol. The Morgan fingerprint density at radius 2 is 1.81 bits per heavy atom. The van der Waals surface area contributed by atoms with Crippen molar-refractivity contribution in [3.05, 3.63) is 0 Å². The molecule has 2 unspecified atom stereocenters. The normalized spacial score (nSPS) is 18.5. The van der Waals surface area contributed by atoms with E-state index in [9.17, 15) is 9.59 Å². The number of amides is 2. The van der Waals surface area contributed by atoms with E-state index in [2.05, 4.69) is 22.5 Å². The van der Waals surface area contributed by atoms with Gasteiger partial charge in [-0.05, 0) is 37.8 Å². The summed E-state index contributed by atoms with van der Waals surface area (Å²) in [6, 6.07) is -0.611. The summed E-state index contributed by atoms with van der Waals surface area (Å²) < 4.78 is 0. The first-order chi connectivity index (χ1) is 9.88. The number of nitrogens with zero attached hydrogens (tertiary/aromatic N) is 1. The summed E-state index contributed by atoms with van der Waals surface area (Å²) in [4.78, 5) is 25.1. The molecule has 0 bridgehead atoms. The maximum absolute atomic E-state index is 11.9. The Labute approximate surface area is 127 Å². The molecule has 6 nitrogen and oxygen atoms in total. The third kappa shape index (κ3) is 7.32. The summed E-state index contributed by atoms with van der Waals surface area (Å²) in [5.74, 6) is -0.406. The van der Waals surface area contributed by atoms with Gasteiger partial charge in [-0.25, -0.2) is 4.79 Å². The third-order valence-electron chi connectivity index (χ3n) is 3.90. The number of nitrogens with one attached hydrogen (secondary N) is 2. The maximum Gasteiger partial charge on any atom is 0.315 e. The second-order valence-electron chi connectivity index (χ2n) is 6.42. The molecule has 6 heteroatoms. The van der Waals surface area contributed by atoms with Crippen molar-refractivity contribution in [3.8, 4) is 0 Å². The molecule has 0 aliphatic carbocycles. The van der Waals surface area contributed by atoms with Crippen molar-refractivity contribution in [3.63, 3.8) is 0 Å². The lowest BCUT2D eigenvalue weighted by Gasteiger charge is -2.23. The molecule has 0 aromatic carbocycles. The molecule has 122 valence electrons. The Hall–Kier alpha value is -1.30. The first kappa shape index (κ1) is 17.8. The Kier molecular flexibility index (Phi) is 7.50. The zero-order valence-corrected chi connectivity index (χ0v) is 13.4. The molecule has 0 spiro atoms. The van der Waals surface area contributed by atoms with Gasteiger partial charge < -0.3 is 20.6 Å². The fraction of sp³-hybridized carbons (Fsp3) is 0.867. The number of carbonyl (C=O) groups is 2. The van der Waals surface area contributed by atoms with Gasteiger partial charge in [0.25, 0.3) is 0 Å². The second kappa shape index (κ2) is 8.87. The SMILES string of the molecule is CC(CNC(=O)NC(CC(=O)O)C(C)C)CN1CCCC1. The minimum atomic E-state index is -0.892. The molecular formula is C15H29N3O3. The fourth-order valence-electron chi connectivity index (χ4n) is 2.60. The van der Waals surface area contributed by atoms with E-state index in [1.165, 1.54) is 12.8 Å². The quantitative estimate of drug-likeness (QED) is 0.634. The minimum Gasteiger partial charge on any atom is -0.481 e. The molecular weight excluding hydrogens is 270 g/mol. The van der Waals surface area contributed by atoms with Gasteiger partial charge in [0.05, 0.1) is 6.42 Å². The molecule has 3 N–H and O–H groups in total. The van der Waals surface area contributed by atoms with Crippen molar-refractivity contribution in [2.45, 2.75) is 46.1 Å². The lowest BCUT2D eigenvalue weighted by Crippen LogP contribution is -2.47. The van der Waals surface area contributed by atoms with Crippen molar-refractivity contribution >= 4 is 12.0 Å². The Balaban J connectivity index is 2.26. The van der Waals surface area contributed by atoms with Crippen molar-refractivity contribution < 1.29 is 14.7 Å². The van der Waals surface area contributed by atoms with E-state index in [4.69, 9.17) is 5.11 Å². The lowest BCUT2D eigenvalue weighted by molar-refractivity contribution is -0.137. The number of aliphatic carboxylic acids is 1. The summed E-state index contributed by atoms with van der Waals surface area (Å²) in [5, 5.41) is 14.4. The topological polar surface area (TPSA) is 81.7 Å². The van der Waals surface area contributed by atoms with Crippen LogP contribution in [0.3, 0.4) is 0 Å². The van der Waals surface area contributed by atoms with Crippen LogP contribution in [0.1, 0.15) is 40.0 Å². The molecule has 1 saturated heterocycles. The molecule has 2 amide bonds. The van der Waals surface area contributed by atoms with Crippen molar-refractivity contribution in [2.24, 2.45) is 11.8 Å². The summed E-state index contributed by atoms with van der Waals surface area (Å²) in [6.45, 7) is 9.86. The van der Waals surface area contributed by atoms with Crippen LogP contribution in [0.4, 0.5) is 4.79 Å². The van der Waals surface area contributed by atoms with Gasteiger partial charge in [0.2, 0.25) is 0 Å². The van der Waals surface area contributed by atoms with E-state index in [1.807, 2.05) is 13.8 Å². The van der Waals surface area contributed by atoms with Crippen molar-refractivity contribution in [1.29, 1.82) is 0 Å². The van der Waals surface area contributed by atoms with E-state index in [-0.39, 0.29) is 24.4 Å². The Bertz CT molecular complexity index is 341. The Morgan fingerprint density at radius 1 is 1.19 bits per heavy atom. The van der Waals surface area contributed by atoms with E-state index in [0.29, 0.717) is 12.5 Å². The summed E-state index contributed by atoms with van der Waals surface area (Å²) >= 11 is 0. The summed E-state index contributed by atoms with van der Waals surface area (Å²) in [5.41, 5.74) is 0. The van der Waals surface area contributed by atoms with Crippen LogP contribution in [-0.2, 0) is 4.79 Å². The average Bonchev–Trinajstić information content (AvgIpc) is 2.87. The first-order valence-electron chi connectivity index (χ1n) is 7.87. The third-order valence-corrected chi connectivity index (χ3v) is 3.90. The number of hydrogen-bond donors (Lipinski definition) is 3. The molecule has 0 radical (unpaired) electrons. The van der Waals surface area contributed by atoms with Crippen LogP contribution in [0, 0.1) is 11.8 Å². The van der Waals surface area contributed by atoms with E-state index < -0.39 is 5.97 Å². The predicted octanol–water partition coefficient (Wildman–Crippen LogP) is 1.52. The van der Waals surface area contributed by atoms with Crippen molar-refractivity contribution in [1.82, 2.24) is 15.5 Å². The average molecular weight is 299 g/mol. The number of urea groups is 1. The number of hydrogen-bond acceptors (Lipinski definition) is 3. The molecule has 1 heterocycles. The van der Waals surface area contributed by atoms with E-state index >= 15 is 0 Å². The molecule has 1 rings (SSSR count). The van der Waals surface area contributed by atoms with Gasteiger partial charge in [-0.3, -0.25) is 4.79 Å². The number of carbonyl (C=O) groups excluding carboxylic acids is 1. The highest BCUT2D eigenvalue weighted by atomic mass is 16.4. The number of likely N-dealkylation sites (tertiary alicyclic amines) is 1. The van der Waals surface area contributed by atoms with Crippen LogP contribution in [0.2, 0.25) is 0 Å². The Morgan fingerprint density at radius 3 is 2.33 bits per heavy atom. The maximum atomic E-state index is 11.9. The predicted molar refractivity (Wildman–Crippen MR) is 82.3 cm³/mol. The fourth-order valence-corrected chi connectivity index (χ4v) is 2.60. The van der Waals surface area contributed by atoms with Gasteiger partial charge in [0.15, 0.2) is 0 Å². The van der Waals surface area contributed by atoms with Crippen LogP contribution in [0.15, 0.2) is 0 Å². The van der Waals surface area contributed by atoms with Gasteiger partial charge in [-0.15, -0.1) is 0 Å². The molecule has 1 aliphatic heterocycles. The second-order valence-corrected chi connectivity index (χ2v) is 6.42. The van der Waals surface area contributed by atoms with Gasteiger partial charge in [-0.2, -0.15) is 0 Å². The highest BCUT2D eigenvalue weighted by molar-refractivity contribution is 5.75. The van der Waals surface area contributed by atoms with Gasteiger partial charge >= 0.3 is 12.0 Å². The summed E-state index contributed by atoms with van der Waals surface area (Å²) in [6.07, 6.45) is 2.49. The van der Waals surface area contributed by atoms with E-state index in [1.54, 1.807) is 0 Å². The number of carboxylic acids is 1. The van der Waals surface area contributed by atoms with Crippen molar-refractivity contribution in [2.75, 3.05) is 26.2 Å². The highest BCUT2D eigenvalue weighted by Gasteiger charge is 2.20. The van der Waals surface area contributed by atoms with Gasteiger partial charge in [0.1, 0.15) is 0 Å². The zero-order valence-electron chi connectivity index (χ0n) is 13.4. The standard InChI is InChI=1S/C15H29N3O3/c1-11(2)13(8-14(19)20)17-15(21)16-9-12(3)10-18-6-4-5-7-18/h11-13H,4-10H2,1-3H3,(H,19,20)(H2,16,17,21). The largest absolute Gasteiger partial charge is 0.481 e. The highest BCUT2D eigenvalue weighted by Crippen LogP contribution is 2.10. The lowest BCUT2D eigenvalue weighted by atomic mass is 10.0. The zero-order chi connectivity index (χ0) is 15.8. The smallest absolute Gasteiger partial charge is 0.315 e. The van der Waals surface area contributed by atoms with Crippen LogP contribution in [0.5, 0.6) is 0 Å². The van der Waals surface area contributed by atoms with E-state index in [0.717, 1.165) is 19.6 Å². The van der Waals surface area contributed by atoms with Crippen LogP contribution in [-0.4, -0.2) is 54.2 Å². The van der Waals surface area contributed by atoms with Crippen LogP contribution < -0.4 is 10.6 Å². The van der Waals surface area contributed by atoms with Crippen LogP contribution in [0.25, 0.3) is 0 Å². The number of rotatable bonds is 8. The molecule has 0 saturated carbocycles. The molecule has 1 aliphatic rings.